The zero-order chi connectivity index (χ0) is 24.5. The molecular formula is C19H31NO11Pu-4. The van der Waals surface area contributed by atoms with Crippen molar-refractivity contribution in [1.82, 2.24) is 0 Å². The summed E-state index contributed by atoms with van der Waals surface area (Å²) < 4.78 is 12.3. The average Bonchev–Trinajstić information content (AvgIpc) is 3.06. The predicted molar refractivity (Wildman–Crippen MR) is 101 cm³/mol. The molecule has 1 heterocycles. The monoisotopic (exact) mass is 687 g/mol. The Morgan fingerprint density at radius 3 is 1.06 bits per heavy atom. The van der Waals surface area contributed by atoms with Gasteiger partial charge < -0.3 is 58.8 Å². The van der Waals surface area contributed by atoms with Crippen molar-refractivity contribution in [2.45, 2.75) is 72.1 Å². The van der Waals surface area contributed by atoms with E-state index in [0.29, 0.717) is 12.8 Å². The minimum Gasteiger partial charge on any atom is -0.596 e. The standard InChI is InChI=1S/3C5H10O3.C4H5NO2.Pu/c3*1-2-3-4-8-5(6)7;6-3-1-2-4(7)5-3;/h3*2-4H2,1H3,(H,6,7);1-2H2,(H,5,6,7);/p-4. The maximum atomic E-state index is 10.1. The topological polar surface area (TPSA) is 196 Å². The van der Waals surface area contributed by atoms with Gasteiger partial charge in [0.1, 0.15) is 0 Å². The molecule has 0 aromatic rings. The molecule has 1 rings (SSSR count). The van der Waals surface area contributed by atoms with E-state index in [1.54, 1.807) is 0 Å². The summed E-state index contributed by atoms with van der Waals surface area (Å²) in [6.45, 7) is 6.66. The van der Waals surface area contributed by atoms with Crippen LogP contribution in [0.3, 0.4) is 0 Å². The third-order valence-corrected chi connectivity index (χ3v) is 2.96. The van der Waals surface area contributed by atoms with Crippen LogP contribution in [0.25, 0.3) is 5.32 Å². The van der Waals surface area contributed by atoms with Gasteiger partial charge in [0, 0.05) is 49.0 Å². The van der Waals surface area contributed by atoms with Gasteiger partial charge >= 0.3 is 0 Å². The van der Waals surface area contributed by atoms with Crippen LogP contribution in [0, 0.1) is 29.2 Å². The summed E-state index contributed by atoms with van der Waals surface area (Å²) in [6, 6.07) is 0. The molecule has 0 aromatic carbocycles. The number of rotatable bonds is 9. The molecule has 0 unspecified atom stereocenters. The molecule has 0 N–H and O–H groups in total. The fourth-order valence-electron chi connectivity index (χ4n) is 1.36. The van der Waals surface area contributed by atoms with E-state index in [0.717, 1.165) is 38.5 Å². The zero-order valence-corrected chi connectivity index (χ0v) is 22.0. The Hall–Kier alpha value is -2.06. The Balaban J connectivity index is -0.000000162. The second-order valence-electron chi connectivity index (χ2n) is 5.76. The van der Waals surface area contributed by atoms with Gasteiger partial charge in [0.15, 0.2) is 0 Å². The molecular weight excluding hydrogens is 662 g/mol. The Morgan fingerprint density at radius 1 is 0.688 bits per heavy atom. The van der Waals surface area contributed by atoms with Gasteiger partial charge in [0.25, 0.3) is 18.5 Å². The molecule has 1 fully saturated rings. The van der Waals surface area contributed by atoms with Gasteiger partial charge in [-0.1, -0.05) is 40.0 Å². The first kappa shape index (κ1) is 37.3. The largest absolute Gasteiger partial charge is 0.596 e. The van der Waals surface area contributed by atoms with E-state index in [1.807, 2.05) is 20.8 Å². The van der Waals surface area contributed by atoms with Crippen LogP contribution in [0.4, 0.5) is 14.4 Å². The fourth-order valence-corrected chi connectivity index (χ4v) is 1.36. The number of imide groups is 1. The number of hydrogen-bond acceptors (Lipinski definition) is 11. The summed E-state index contributed by atoms with van der Waals surface area (Å²) >= 11 is 0. The van der Waals surface area contributed by atoms with Crippen molar-refractivity contribution in [3.8, 4) is 0 Å². The van der Waals surface area contributed by atoms with E-state index in [9.17, 15) is 39.3 Å². The SMILES string of the molecule is CCCCOC(=O)[O-].CCCCOC(=O)[O-].CCCCOC(=O)[O-].O=C1CCC(=O)[N-]1.[Pu]. The number of carbonyl (C=O) groups is 5. The first-order chi connectivity index (χ1) is 14.6. The molecule has 1 aliphatic rings. The molecule has 0 atom stereocenters. The summed E-state index contributed by atoms with van der Waals surface area (Å²) in [5, 5.41) is 31.7. The molecule has 0 bridgehead atoms. The normalized spacial score (nSPS) is 10.8. The summed E-state index contributed by atoms with van der Waals surface area (Å²) in [6.07, 6.45) is 1.47. The van der Waals surface area contributed by atoms with Crippen LogP contribution in [-0.4, -0.2) is 50.1 Å². The number of hydrogen-bond donors (Lipinski definition) is 0. The van der Waals surface area contributed by atoms with Gasteiger partial charge in [-0.15, -0.1) is 0 Å². The van der Waals surface area contributed by atoms with Crippen molar-refractivity contribution in [3.63, 3.8) is 0 Å². The smallest absolute Gasteiger partial charge is 0.251 e. The van der Waals surface area contributed by atoms with Crippen LogP contribution in [0.5, 0.6) is 0 Å². The van der Waals surface area contributed by atoms with E-state index >= 15 is 0 Å². The first-order valence-corrected chi connectivity index (χ1v) is 9.89. The number of carbonyl (C=O) groups excluding carboxylic acids is 5. The Bertz CT molecular complexity index is 454. The molecule has 1 saturated heterocycles. The zero-order valence-electron chi connectivity index (χ0n) is 18.6. The van der Waals surface area contributed by atoms with Crippen LogP contribution in [-0.2, 0) is 23.8 Å². The number of amides is 2. The average molecular weight is 693 g/mol. The molecule has 0 radical (unpaired) electrons. The van der Waals surface area contributed by atoms with Gasteiger partial charge in [-0.25, -0.2) is 0 Å². The number of carboxylic acid groups (broad SMARTS) is 3. The molecule has 2 amide bonds. The molecule has 0 saturated carbocycles. The summed E-state index contributed by atoms with van der Waals surface area (Å²) in [7, 11) is 0. The fraction of sp³-hybridized carbons (Fsp3) is 0.737. The van der Waals surface area contributed by atoms with Crippen LogP contribution < -0.4 is 15.3 Å². The minimum absolute atomic E-state index is 0. The second-order valence-corrected chi connectivity index (χ2v) is 5.76. The maximum absolute atomic E-state index is 10.1. The van der Waals surface area contributed by atoms with E-state index in [2.05, 4.69) is 19.5 Å². The molecule has 0 spiro atoms. The Morgan fingerprint density at radius 2 is 0.938 bits per heavy atom. The van der Waals surface area contributed by atoms with Crippen LogP contribution in [0.15, 0.2) is 0 Å². The van der Waals surface area contributed by atoms with Crippen LogP contribution >= 0.6 is 0 Å². The number of nitrogens with zero attached hydrogens (tertiary/aromatic N) is 1. The Labute approximate surface area is 209 Å². The molecule has 0 aromatic heterocycles. The predicted octanol–water partition coefficient (Wildman–Crippen LogP) is 0.646. The molecule has 188 valence electrons. The minimum atomic E-state index is -1.43. The molecule has 0 aliphatic carbocycles. The molecule has 32 heavy (non-hydrogen) atoms. The maximum Gasteiger partial charge on any atom is 0.251 e. The summed E-state index contributed by atoms with van der Waals surface area (Å²) in [5.74, 6) is -0.546. The Kier molecular flexibility index (Phi) is 33.7. The van der Waals surface area contributed by atoms with Crippen molar-refractivity contribution in [2.75, 3.05) is 19.8 Å². The number of unbranched alkanes of at least 4 members (excludes halogenated alkanes) is 3. The van der Waals surface area contributed by atoms with E-state index < -0.39 is 18.5 Å². The van der Waals surface area contributed by atoms with E-state index in [-0.39, 0.29) is 60.8 Å². The van der Waals surface area contributed by atoms with Gasteiger partial charge in [0.05, 0.1) is 11.8 Å². The second kappa shape index (κ2) is 28.9. The molecule has 13 heteroatoms. The summed E-state index contributed by atoms with van der Waals surface area (Å²) in [5.41, 5.74) is 0. The van der Waals surface area contributed by atoms with Crippen molar-refractivity contribution in [3.05, 3.63) is 5.32 Å². The van der Waals surface area contributed by atoms with Crippen LogP contribution in [0.1, 0.15) is 72.1 Å². The van der Waals surface area contributed by atoms with E-state index in [4.69, 9.17) is 0 Å². The third kappa shape index (κ3) is 42.1. The molecule has 12 nitrogen and oxygen atoms in total. The van der Waals surface area contributed by atoms with Gasteiger partial charge in [-0.3, -0.25) is 0 Å². The van der Waals surface area contributed by atoms with Crippen LogP contribution in [0.2, 0.25) is 0 Å². The van der Waals surface area contributed by atoms with Crippen molar-refractivity contribution in [1.29, 1.82) is 0 Å². The van der Waals surface area contributed by atoms with Crippen molar-refractivity contribution >= 4 is 30.3 Å². The van der Waals surface area contributed by atoms with Crippen molar-refractivity contribution in [2.24, 2.45) is 0 Å². The summed E-state index contributed by atoms with van der Waals surface area (Å²) in [4.78, 5) is 48.8. The van der Waals surface area contributed by atoms with Crippen molar-refractivity contribution < 1.29 is 82.7 Å². The van der Waals surface area contributed by atoms with Gasteiger partial charge in [-0.05, 0) is 32.1 Å². The quantitative estimate of drug-likeness (QED) is 0.142. The van der Waals surface area contributed by atoms with Gasteiger partial charge in [-0.2, -0.15) is 0 Å². The third-order valence-electron chi connectivity index (χ3n) is 2.96. The number of ether oxygens (including phenoxy) is 3. The van der Waals surface area contributed by atoms with Gasteiger partial charge in [0.2, 0.25) is 0 Å². The van der Waals surface area contributed by atoms with E-state index in [1.165, 1.54) is 0 Å². The first-order valence-electron chi connectivity index (χ1n) is 9.89. The molecule has 1 aliphatic heterocycles.